The first kappa shape index (κ1) is 14.4. The first-order valence-corrected chi connectivity index (χ1v) is 7.98. The molecular formula is C15H21NO2S. The van der Waals surface area contributed by atoms with E-state index in [2.05, 4.69) is 18.2 Å². The molecule has 3 N–H and O–H groups in total. The van der Waals surface area contributed by atoms with Gasteiger partial charge in [0.15, 0.2) is 0 Å². The third-order valence-corrected chi connectivity index (χ3v) is 4.77. The van der Waals surface area contributed by atoms with Crippen LogP contribution in [0.1, 0.15) is 48.8 Å². The van der Waals surface area contributed by atoms with E-state index in [1.165, 1.54) is 29.9 Å². The van der Waals surface area contributed by atoms with Gasteiger partial charge in [-0.05, 0) is 47.8 Å². The Morgan fingerprint density at radius 3 is 2.74 bits per heavy atom. The van der Waals surface area contributed by atoms with Crippen molar-refractivity contribution in [3.63, 3.8) is 0 Å². The summed E-state index contributed by atoms with van der Waals surface area (Å²) in [5.74, 6) is 2.24. The lowest BCUT2D eigenvalue weighted by molar-refractivity contribution is -0.137. The van der Waals surface area contributed by atoms with E-state index in [9.17, 15) is 4.79 Å². The second-order valence-electron chi connectivity index (χ2n) is 5.05. The Bertz CT molecular complexity index is 430. The molecule has 4 heteroatoms. The van der Waals surface area contributed by atoms with E-state index >= 15 is 0 Å². The van der Waals surface area contributed by atoms with Crippen molar-refractivity contribution < 1.29 is 9.90 Å². The first-order chi connectivity index (χ1) is 9.18. The molecule has 1 fully saturated rings. The van der Waals surface area contributed by atoms with Gasteiger partial charge in [0.2, 0.25) is 0 Å². The number of hydrogen-bond donors (Lipinski definition) is 2. The maximum absolute atomic E-state index is 10.7. The van der Waals surface area contributed by atoms with E-state index in [1.54, 1.807) is 0 Å². The zero-order chi connectivity index (χ0) is 13.7. The molecule has 0 radical (unpaired) electrons. The Morgan fingerprint density at radius 1 is 1.37 bits per heavy atom. The van der Waals surface area contributed by atoms with Gasteiger partial charge in [-0.2, -0.15) is 11.8 Å². The van der Waals surface area contributed by atoms with Gasteiger partial charge in [-0.1, -0.05) is 24.3 Å². The molecule has 0 aromatic heterocycles. The van der Waals surface area contributed by atoms with Crippen LogP contribution in [-0.4, -0.2) is 22.6 Å². The Hall–Kier alpha value is -1.00. The van der Waals surface area contributed by atoms with Crippen LogP contribution in [0.2, 0.25) is 0 Å². The number of benzene rings is 1. The molecular weight excluding hydrogens is 258 g/mol. The first-order valence-electron chi connectivity index (χ1n) is 6.82. The molecule has 104 valence electrons. The lowest BCUT2D eigenvalue weighted by Gasteiger charge is -2.26. The lowest BCUT2D eigenvalue weighted by atomic mass is 9.86. The molecule has 1 aromatic rings. The van der Waals surface area contributed by atoms with Crippen LogP contribution in [0, 0.1) is 0 Å². The van der Waals surface area contributed by atoms with Crippen molar-refractivity contribution in [1.29, 1.82) is 0 Å². The van der Waals surface area contributed by atoms with E-state index in [0.29, 0.717) is 12.3 Å². The molecule has 2 rings (SSSR count). The molecule has 0 spiro atoms. The zero-order valence-electron chi connectivity index (χ0n) is 11.0. The number of thioether (sulfide) groups is 1. The Kier molecular flexibility index (Phi) is 5.28. The van der Waals surface area contributed by atoms with Gasteiger partial charge in [0.05, 0.1) is 0 Å². The van der Waals surface area contributed by atoms with E-state index in [4.69, 9.17) is 10.8 Å². The van der Waals surface area contributed by atoms with Crippen molar-refractivity contribution in [3.8, 4) is 0 Å². The highest BCUT2D eigenvalue weighted by molar-refractivity contribution is 7.99. The number of hydrogen-bond acceptors (Lipinski definition) is 3. The monoisotopic (exact) mass is 279 g/mol. The molecule has 1 unspecified atom stereocenters. The number of nitrogens with two attached hydrogens (primary N) is 1. The molecule has 1 saturated heterocycles. The van der Waals surface area contributed by atoms with Crippen molar-refractivity contribution in [3.05, 3.63) is 35.4 Å². The van der Waals surface area contributed by atoms with E-state index in [0.717, 1.165) is 5.56 Å². The van der Waals surface area contributed by atoms with Gasteiger partial charge in [-0.3, -0.25) is 4.79 Å². The SMILES string of the molecule is NC(CCC(=O)O)c1ccccc1C1CCSCC1. The molecule has 0 saturated carbocycles. The molecule has 0 amide bonds. The number of carboxylic acids is 1. The summed E-state index contributed by atoms with van der Waals surface area (Å²) < 4.78 is 0. The molecule has 0 aliphatic carbocycles. The van der Waals surface area contributed by atoms with Crippen LogP contribution in [0.3, 0.4) is 0 Å². The van der Waals surface area contributed by atoms with Crippen LogP contribution in [-0.2, 0) is 4.79 Å². The second kappa shape index (κ2) is 6.96. The minimum absolute atomic E-state index is 0.135. The van der Waals surface area contributed by atoms with Gasteiger partial charge in [0.1, 0.15) is 0 Å². The van der Waals surface area contributed by atoms with Crippen LogP contribution in [0.15, 0.2) is 24.3 Å². The van der Waals surface area contributed by atoms with E-state index < -0.39 is 5.97 Å². The number of aliphatic carboxylic acids is 1. The molecule has 0 bridgehead atoms. The predicted molar refractivity (Wildman–Crippen MR) is 79.5 cm³/mol. The van der Waals surface area contributed by atoms with Crippen LogP contribution < -0.4 is 5.73 Å². The van der Waals surface area contributed by atoms with E-state index in [1.807, 2.05) is 17.8 Å². The summed E-state index contributed by atoms with van der Waals surface area (Å²) in [7, 11) is 0. The average Bonchev–Trinajstić information content (AvgIpc) is 2.45. The molecule has 1 aromatic carbocycles. The second-order valence-corrected chi connectivity index (χ2v) is 6.28. The summed E-state index contributed by atoms with van der Waals surface area (Å²) in [5, 5.41) is 8.77. The highest BCUT2D eigenvalue weighted by Gasteiger charge is 2.21. The minimum Gasteiger partial charge on any atom is -0.481 e. The van der Waals surface area contributed by atoms with Crippen molar-refractivity contribution in [2.45, 2.75) is 37.6 Å². The smallest absolute Gasteiger partial charge is 0.303 e. The van der Waals surface area contributed by atoms with E-state index in [-0.39, 0.29) is 12.5 Å². The molecule has 1 atom stereocenters. The Labute approximate surface area is 118 Å². The van der Waals surface area contributed by atoms with Crippen molar-refractivity contribution >= 4 is 17.7 Å². The van der Waals surface area contributed by atoms with Gasteiger partial charge in [-0.25, -0.2) is 0 Å². The van der Waals surface area contributed by atoms with Gasteiger partial charge >= 0.3 is 5.97 Å². The average molecular weight is 279 g/mol. The maximum atomic E-state index is 10.7. The lowest BCUT2D eigenvalue weighted by Crippen LogP contribution is -2.17. The quantitative estimate of drug-likeness (QED) is 0.869. The predicted octanol–water partition coefficient (Wildman–Crippen LogP) is 3.16. The van der Waals surface area contributed by atoms with Gasteiger partial charge in [0, 0.05) is 12.5 Å². The molecule has 3 nitrogen and oxygen atoms in total. The summed E-state index contributed by atoms with van der Waals surface area (Å²) in [6, 6.07) is 8.11. The summed E-state index contributed by atoms with van der Waals surface area (Å²) in [4.78, 5) is 10.7. The largest absolute Gasteiger partial charge is 0.481 e. The summed E-state index contributed by atoms with van der Waals surface area (Å²) >= 11 is 2.01. The highest BCUT2D eigenvalue weighted by atomic mass is 32.2. The van der Waals surface area contributed by atoms with Crippen LogP contribution >= 0.6 is 11.8 Å². The maximum Gasteiger partial charge on any atom is 0.303 e. The summed E-state index contributed by atoms with van der Waals surface area (Å²) in [6.07, 6.45) is 3.05. The number of carboxylic acid groups (broad SMARTS) is 1. The van der Waals surface area contributed by atoms with Crippen molar-refractivity contribution in [2.24, 2.45) is 5.73 Å². The van der Waals surface area contributed by atoms with Crippen LogP contribution in [0.25, 0.3) is 0 Å². The Balaban J connectivity index is 2.12. The molecule has 19 heavy (non-hydrogen) atoms. The standard InChI is InChI=1S/C15H21NO2S/c16-14(5-6-15(17)18)13-4-2-1-3-12(13)11-7-9-19-10-8-11/h1-4,11,14H,5-10,16H2,(H,17,18). The topological polar surface area (TPSA) is 63.3 Å². The fraction of sp³-hybridized carbons (Fsp3) is 0.533. The molecule has 1 aliphatic rings. The van der Waals surface area contributed by atoms with Crippen molar-refractivity contribution in [2.75, 3.05) is 11.5 Å². The summed E-state index contributed by atoms with van der Waals surface area (Å²) in [5.41, 5.74) is 8.66. The number of carbonyl (C=O) groups is 1. The fourth-order valence-electron chi connectivity index (χ4n) is 2.66. The third kappa shape index (κ3) is 3.98. The van der Waals surface area contributed by atoms with Gasteiger partial charge in [0.25, 0.3) is 0 Å². The number of rotatable bonds is 5. The third-order valence-electron chi connectivity index (χ3n) is 3.73. The van der Waals surface area contributed by atoms with Crippen molar-refractivity contribution in [1.82, 2.24) is 0 Å². The van der Waals surface area contributed by atoms with Crippen LogP contribution in [0.5, 0.6) is 0 Å². The fourth-order valence-corrected chi connectivity index (χ4v) is 3.77. The highest BCUT2D eigenvalue weighted by Crippen LogP contribution is 2.35. The minimum atomic E-state index is -0.776. The normalized spacial score (nSPS) is 18.2. The molecule has 1 aliphatic heterocycles. The van der Waals surface area contributed by atoms with Crippen LogP contribution in [0.4, 0.5) is 0 Å². The zero-order valence-corrected chi connectivity index (χ0v) is 11.9. The summed E-state index contributed by atoms with van der Waals surface area (Å²) in [6.45, 7) is 0. The molecule has 1 heterocycles. The Morgan fingerprint density at radius 2 is 2.05 bits per heavy atom. The van der Waals surface area contributed by atoms with Gasteiger partial charge in [-0.15, -0.1) is 0 Å². The van der Waals surface area contributed by atoms with Gasteiger partial charge < -0.3 is 10.8 Å².